The third-order valence-corrected chi connectivity index (χ3v) is 1.44. The van der Waals surface area contributed by atoms with Crippen LogP contribution in [-0.2, 0) is 4.74 Å². The number of rotatable bonds is 2. The number of nitrogens with two attached hydrogens (primary N) is 1. The summed E-state index contributed by atoms with van der Waals surface area (Å²) in [4.78, 5) is 7.26. The van der Waals surface area contributed by atoms with Crippen LogP contribution in [0.25, 0.3) is 0 Å². The summed E-state index contributed by atoms with van der Waals surface area (Å²) in [6.45, 7) is 0.966. The molecule has 0 bridgehead atoms. The van der Waals surface area contributed by atoms with Gasteiger partial charge in [-0.2, -0.15) is 4.98 Å². The largest absolute Gasteiger partial charge is 0.469 e. The minimum atomic E-state index is -0.229. The van der Waals surface area contributed by atoms with Crippen molar-refractivity contribution >= 4 is 5.95 Å². The fraction of sp³-hybridized carbons (Fsp3) is 0.429. The Morgan fingerprint density at radius 3 is 3.25 bits per heavy atom. The van der Waals surface area contributed by atoms with Crippen LogP contribution in [0, 0.1) is 0 Å². The molecule has 0 saturated carbocycles. The number of hydrogen-bond acceptors (Lipinski definition) is 5. The minimum absolute atomic E-state index is 0.0517. The Balaban J connectivity index is 2.22. The number of anilines is 1. The van der Waals surface area contributed by atoms with E-state index in [9.17, 15) is 0 Å². The zero-order valence-electron chi connectivity index (χ0n) is 8.28. The molecule has 64 valence electrons. The monoisotopic (exact) mass is 169 g/mol. The number of hydrogen-bond donors (Lipinski definition) is 1. The van der Waals surface area contributed by atoms with Crippen molar-refractivity contribution in [3.05, 3.63) is 12.2 Å². The first-order chi connectivity index (χ1) is 6.66. The summed E-state index contributed by atoms with van der Waals surface area (Å²) in [6, 6.07) is -0.147. The van der Waals surface area contributed by atoms with E-state index in [1.807, 2.05) is 0 Å². The predicted molar refractivity (Wildman–Crippen MR) is 41.7 cm³/mol. The van der Waals surface area contributed by atoms with Crippen LogP contribution in [-0.4, -0.2) is 29.3 Å². The molecular weight excluding hydrogens is 158 g/mol. The summed E-state index contributed by atoms with van der Waals surface area (Å²) >= 11 is 0. The Morgan fingerprint density at radius 1 is 1.75 bits per heavy atom. The van der Waals surface area contributed by atoms with E-state index in [4.69, 9.17) is 17.9 Å². The van der Waals surface area contributed by atoms with Gasteiger partial charge in [0.05, 0.1) is 16.0 Å². The summed E-state index contributed by atoms with van der Waals surface area (Å²) in [5, 5.41) is 0. The van der Waals surface area contributed by atoms with Crippen LogP contribution in [0.15, 0.2) is 12.2 Å². The molecule has 2 heterocycles. The van der Waals surface area contributed by atoms with Gasteiger partial charge in [-0.1, -0.05) is 0 Å². The van der Waals surface area contributed by atoms with Gasteiger partial charge >= 0.3 is 0 Å². The van der Waals surface area contributed by atoms with E-state index in [1.165, 1.54) is 0 Å². The van der Waals surface area contributed by atoms with Gasteiger partial charge in [-0.05, 0) is 0 Å². The van der Waals surface area contributed by atoms with Crippen LogP contribution in [0.2, 0.25) is 0 Å². The summed E-state index contributed by atoms with van der Waals surface area (Å²) in [7, 11) is 0. The van der Waals surface area contributed by atoms with E-state index in [2.05, 4.69) is 9.97 Å². The lowest BCUT2D eigenvalue weighted by Gasteiger charge is -2.25. The van der Waals surface area contributed by atoms with Gasteiger partial charge in [0.25, 0.3) is 0 Å². The Labute approximate surface area is 72.3 Å². The van der Waals surface area contributed by atoms with Gasteiger partial charge in [0.1, 0.15) is 6.10 Å². The zero-order chi connectivity index (χ0) is 10.1. The van der Waals surface area contributed by atoms with Gasteiger partial charge < -0.3 is 15.2 Å². The molecule has 0 amide bonds. The first kappa shape index (κ1) is 5.31. The minimum Gasteiger partial charge on any atom is -0.469 e. The molecule has 0 aliphatic carbocycles. The number of ether oxygens (including phenoxy) is 2. The molecule has 0 aromatic carbocycles. The molecule has 1 aromatic rings. The fourth-order valence-corrected chi connectivity index (χ4v) is 0.786. The summed E-state index contributed by atoms with van der Waals surface area (Å²) < 4.78 is 24.9. The molecule has 5 heteroatoms. The van der Waals surface area contributed by atoms with Crippen molar-refractivity contribution in [2.24, 2.45) is 0 Å². The molecule has 12 heavy (non-hydrogen) atoms. The second-order valence-electron chi connectivity index (χ2n) is 2.40. The average molecular weight is 169 g/mol. The maximum Gasteiger partial charge on any atom is 0.223 e. The van der Waals surface area contributed by atoms with Crippen molar-refractivity contribution in [1.29, 1.82) is 0 Å². The van der Waals surface area contributed by atoms with Gasteiger partial charge in [-0.15, -0.1) is 0 Å². The number of nitrogen functional groups attached to an aromatic ring is 1. The van der Waals surface area contributed by atoms with Crippen LogP contribution >= 0.6 is 0 Å². The first-order valence-electron chi connectivity index (χ1n) is 4.52. The molecule has 2 rings (SSSR count). The van der Waals surface area contributed by atoms with Gasteiger partial charge in [-0.3, -0.25) is 0 Å². The number of aromatic nitrogens is 2. The third kappa shape index (κ3) is 1.45. The molecule has 1 aromatic heterocycles. The highest BCUT2D eigenvalue weighted by Gasteiger charge is 2.20. The first-order valence-corrected chi connectivity index (χ1v) is 3.52. The maximum atomic E-state index is 7.45. The van der Waals surface area contributed by atoms with Crippen molar-refractivity contribution in [2.45, 2.75) is 6.10 Å². The van der Waals surface area contributed by atoms with Crippen molar-refractivity contribution in [3.8, 4) is 5.88 Å². The Bertz CT molecular complexity index is 357. The van der Waals surface area contributed by atoms with Crippen LogP contribution in [0.3, 0.4) is 0 Å². The van der Waals surface area contributed by atoms with Gasteiger partial charge in [0, 0.05) is 12.2 Å². The summed E-state index contributed by atoms with van der Waals surface area (Å²) in [5.74, 6) is -0.00274. The lowest BCUT2D eigenvalue weighted by atomic mass is 10.3. The molecule has 0 atom stereocenters. The summed E-state index contributed by atoms with van der Waals surface area (Å²) in [5.41, 5.74) is 5.33. The van der Waals surface area contributed by atoms with Crippen LogP contribution in [0.1, 0.15) is 2.74 Å². The van der Waals surface area contributed by atoms with E-state index in [-0.39, 0.29) is 30.1 Å². The average Bonchev–Trinajstić information content (AvgIpc) is 2.05. The zero-order valence-corrected chi connectivity index (χ0v) is 6.28. The lowest BCUT2D eigenvalue weighted by molar-refractivity contribution is -0.0813. The smallest absolute Gasteiger partial charge is 0.223 e. The second-order valence-corrected chi connectivity index (χ2v) is 2.40. The molecule has 5 nitrogen and oxygen atoms in total. The molecule has 0 unspecified atom stereocenters. The SMILES string of the molecule is [2H]c1nc(N)nc(OC2COC2)c1[2H]. The van der Waals surface area contributed by atoms with Gasteiger partial charge in [0.15, 0.2) is 0 Å². The van der Waals surface area contributed by atoms with E-state index in [0.29, 0.717) is 13.2 Å². The van der Waals surface area contributed by atoms with Gasteiger partial charge in [-0.25, -0.2) is 4.98 Å². The Morgan fingerprint density at radius 2 is 2.58 bits per heavy atom. The molecule has 0 radical (unpaired) electrons. The molecule has 0 spiro atoms. The molecule has 1 saturated heterocycles. The fourth-order valence-electron chi connectivity index (χ4n) is 0.786. The van der Waals surface area contributed by atoms with Crippen LogP contribution in [0.4, 0.5) is 5.95 Å². The summed E-state index contributed by atoms with van der Waals surface area (Å²) in [6.07, 6.45) is -0.319. The van der Waals surface area contributed by atoms with Crippen LogP contribution in [0.5, 0.6) is 5.88 Å². The van der Waals surface area contributed by atoms with E-state index >= 15 is 0 Å². The highest BCUT2D eigenvalue weighted by Crippen LogP contribution is 2.12. The topological polar surface area (TPSA) is 70.3 Å². The standard InChI is InChI=1S/C7H9N3O2/c8-7-9-2-1-6(10-7)12-5-3-11-4-5/h1-2,5H,3-4H2,(H2,8,9,10)/i1D,2D. The molecule has 1 fully saturated rings. The molecular formula is C7H9N3O2. The van der Waals surface area contributed by atoms with Gasteiger partial charge in [0.2, 0.25) is 11.8 Å². The number of nitrogens with zero attached hydrogens (tertiary/aromatic N) is 2. The molecule has 1 aliphatic rings. The van der Waals surface area contributed by atoms with Crippen molar-refractivity contribution in [3.63, 3.8) is 0 Å². The maximum absolute atomic E-state index is 7.45. The highest BCUT2D eigenvalue weighted by atomic mass is 16.6. The predicted octanol–water partition coefficient (Wildman–Crippen LogP) is -0.164. The quantitative estimate of drug-likeness (QED) is 0.666. The molecule has 2 N–H and O–H groups in total. The van der Waals surface area contributed by atoms with Crippen molar-refractivity contribution in [1.82, 2.24) is 9.97 Å². The molecule has 1 aliphatic heterocycles. The van der Waals surface area contributed by atoms with E-state index in [1.54, 1.807) is 0 Å². The van der Waals surface area contributed by atoms with E-state index in [0.717, 1.165) is 0 Å². The Hall–Kier alpha value is -1.36. The highest BCUT2D eigenvalue weighted by molar-refractivity contribution is 5.20. The lowest BCUT2D eigenvalue weighted by Crippen LogP contribution is -2.38. The Kier molecular flexibility index (Phi) is 1.30. The third-order valence-electron chi connectivity index (χ3n) is 1.44. The normalized spacial score (nSPS) is 19.3. The van der Waals surface area contributed by atoms with Crippen molar-refractivity contribution < 1.29 is 12.2 Å². The van der Waals surface area contributed by atoms with Crippen LogP contribution < -0.4 is 10.5 Å². The second kappa shape index (κ2) is 2.94. The van der Waals surface area contributed by atoms with E-state index < -0.39 is 0 Å². The van der Waals surface area contributed by atoms with Crippen molar-refractivity contribution in [2.75, 3.05) is 18.9 Å².